The zero-order chi connectivity index (χ0) is 11.1. The second-order valence-corrected chi connectivity index (χ2v) is 5.51. The van der Waals surface area contributed by atoms with Crippen molar-refractivity contribution in [2.75, 3.05) is 0 Å². The average Bonchev–Trinajstić information content (AvgIpc) is 2.02. The van der Waals surface area contributed by atoms with Crippen molar-refractivity contribution in [1.29, 1.82) is 0 Å². The van der Waals surface area contributed by atoms with Gasteiger partial charge in [0.2, 0.25) is 0 Å². The van der Waals surface area contributed by atoms with Crippen LogP contribution in [0, 0.1) is 23.7 Å². The molecule has 0 aliphatic rings. The van der Waals surface area contributed by atoms with Crippen LogP contribution in [-0.4, -0.2) is 0 Å². The molecular weight excluding hydrogens is 168 g/mol. The van der Waals surface area contributed by atoms with Crippen molar-refractivity contribution in [3.63, 3.8) is 0 Å². The Balaban J connectivity index is 4.03. The minimum Gasteiger partial charge on any atom is -0.0857 e. The summed E-state index contributed by atoms with van der Waals surface area (Å²) in [4.78, 5) is 0. The monoisotopic (exact) mass is 196 g/mol. The first-order valence-corrected chi connectivity index (χ1v) is 6.11. The highest BCUT2D eigenvalue weighted by Crippen LogP contribution is 2.21. The van der Waals surface area contributed by atoms with Crippen LogP contribution in [0.1, 0.15) is 54.4 Å². The highest BCUT2D eigenvalue weighted by molar-refractivity contribution is 4.91. The van der Waals surface area contributed by atoms with Crippen LogP contribution in [0.15, 0.2) is 12.2 Å². The van der Waals surface area contributed by atoms with E-state index in [1.165, 1.54) is 12.8 Å². The molecule has 0 aromatic rings. The quantitative estimate of drug-likeness (QED) is 0.530. The third kappa shape index (κ3) is 7.17. The average molecular weight is 196 g/mol. The van der Waals surface area contributed by atoms with Crippen molar-refractivity contribution in [2.45, 2.75) is 54.4 Å². The van der Waals surface area contributed by atoms with Crippen molar-refractivity contribution in [3.8, 4) is 0 Å². The molecule has 0 aliphatic carbocycles. The molecule has 0 amide bonds. The van der Waals surface area contributed by atoms with Crippen molar-refractivity contribution >= 4 is 0 Å². The van der Waals surface area contributed by atoms with Crippen molar-refractivity contribution in [2.24, 2.45) is 23.7 Å². The minimum atomic E-state index is 0.690. The molecule has 0 radical (unpaired) electrons. The number of hydrogen-bond acceptors (Lipinski definition) is 0. The molecule has 0 fully saturated rings. The predicted octanol–water partition coefficient (Wildman–Crippen LogP) is 4.91. The molecule has 0 aliphatic heterocycles. The highest BCUT2D eigenvalue weighted by Gasteiger charge is 2.10. The van der Waals surface area contributed by atoms with Gasteiger partial charge < -0.3 is 0 Å². The summed E-state index contributed by atoms with van der Waals surface area (Å²) in [6.45, 7) is 13.8. The van der Waals surface area contributed by atoms with E-state index in [0.717, 1.165) is 17.8 Å². The maximum absolute atomic E-state index is 2.43. The normalized spacial score (nSPS) is 14.9. The zero-order valence-electron chi connectivity index (χ0n) is 10.9. The topological polar surface area (TPSA) is 0 Å². The Kier molecular flexibility index (Phi) is 6.96. The smallest absolute Gasteiger partial charge is 0.0210 e. The van der Waals surface area contributed by atoms with E-state index in [0.29, 0.717) is 5.92 Å². The van der Waals surface area contributed by atoms with Gasteiger partial charge in [-0.15, -0.1) is 0 Å². The van der Waals surface area contributed by atoms with Crippen molar-refractivity contribution < 1.29 is 0 Å². The molecule has 1 unspecified atom stereocenters. The van der Waals surface area contributed by atoms with E-state index in [9.17, 15) is 0 Å². The van der Waals surface area contributed by atoms with Gasteiger partial charge in [0.1, 0.15) is 0 Å². The molecule has 84 valence electrons. The molecule has 0 bridgehead atoms. The van der Waals surface area contributed by atoms with Crippen LogP contribution in [0.5, 0.6) is 0 Å². The van der Waals surface area contributed by atoms with Gasteiger partial charge >= 0.3 is 0 Å². The lowest BCUT2D eigenvalue weighted by atomic mass is 9.88. The maximum Gasteiger partial charge on any atom is -0.0210 e. The number of hydrogen-bond donors (Lipinski definition) is 0. The van der Waals surface area contributed by atoms with E-state index < -0.39 is 0 Å². The second-order valence-electron chi connectivity index (χ2n) is 5.51. The van der Waals surface area contributed by atoms with E-state index in [1.807, 2.05) is 0 Å². The molecule has 0 rings (SSSR count). The van der Waals surface area contributed by atoms with Crippen LogP contribution in [0.3, 0.4) is 0 Å². The lowest BCUT2D eigenvalue weighted by Gasteiger charge is -2.18. The summed E-state index contributed by atoms with van der Waals surface area (Å²) >= 11 is 0. The predicted molar refractivity (Wildman–Crippen MR) is 66.4 cm³/mol. The van der Waals surface area contributed by atoms with Gasteiger partial charge in [0.25, 0.3) is 0 Å². The third-order valence-electron chi connectivity index (χ3n) is 2.68. The first-order valence-electron chi connectivity index (χ1n) is 6.11. The Morgan fingerprint density at radius 1 is 0.786 bits per heavy atom. The molecule has 0 aromatic carbocycles. The molecule has 0 saturated heterocycles. The SMILES string of the molecule is CC(C)C=CC(CCC(C)C)C(C)C. The van der Waals surface area contributed by atoms with Gasteiger partial charge in [-0.3, -0.25) is 0 Å². The molecule has 0 N–H and O–H groups in total. The minimum absolute atomic E-state index is 0.690. The van der Waals surface area contributed by atoms with Crippen LogP contribution >= 0.6 is 0 Å². The standard InChI is InChI=1S/C14H28/c1-11(2)7-9-14(13(5)6)10-8-12(3)4/h7,9,11-14H,8,10H2,1-6H3. The zero-order valence-corrected chi connectivity index (χ0v) is 10.9. The highest BCUT2D eigenvalue weighted by atomic mass is 14.2. The summed E-state index contributed by atoms with van der Waals surface area (Å²) in [5, 5.41) is 0. The van der Waals surface area contributed by atoms with Gasteiger partial charge in [0, 0.05) is 0 Å². The molecule has 0 saturated carbocycles. The second kappa shape index (κ2) is 7.09. The molecule has 0 aromatic heterocycles. The van der Waals surface area contributed by atoms with Crippen LogP contribution in [-0.2, 0) is 0 Å². The summed E-state index contributed by atoms with van der Waals surface area (Å²) < 4.78 is 0. The molecular formula is C14H28. The van der Waals surface area contributed by atoms with Crippen molar-refractivity contribution in [3.05, 3.63) is 12.2 Å². The van der Waals surface area contributed by atoms with Crippen molar-refractivity contribution in [1.82, 2.24) is 0 Å². The molecule has 1 atom stereocenters. The molecule has 14 heavy (non-hydrogen) atoms. The van der Waals surface area contributed by atoms with E-state index in [1.54, 1.807) is 0 Å². The summed E-state index contributed by atoms with van der Waals surface area (Å²) in [6.07, 6.45) is 7.48. The summed E-state index contributed by atoms with van der Waals surface area (Å²) in [6, 6.07) is 0. The number of rotatable bonds is 6. The Labute approximate surface area is 90.8 Å². The number of allylic oxidation sites excluding steroid dienone is 2. The Morgan fingerprint density at radius 3 is 1.71 bits per heavy atom. The van der Waals surface area contributed by atoms with Gasteiger partial charge in [-0.05, 0) is 30.1 Å². The van der Waals surface area contributed by atoms with E-state index in [4.69, 9.17) is 0 Å². The lowest BCUT2D eigenvalue weighted by Crippen LogP contribution is -2.07. The largest absolute Gasteiger partial charge is 0.0857 e. The van der Waals surface area contributed by atoms with E-state index in [2.05, 4.69) is 53.7 Å². The summed E-state index contributed by atoms with van der Waals surface area (Å²) in [5.41, 5.74) is 0. The molecule has 0 nitrogen and oxygen atoms in total. The maximum atomic E-state index is 2.43. The fraction of sp³-hybridized carbons (Fsp3) is 0.857. The molecule has 0 heteroatoms. The van der Waals surface area contributed by atoms with Gasteiger partial charge in [-0.1, -0.05) is 60.1 Å². The summed E-state index contributed by atoms with van der Waals surface area (Å²) in [5.74, 6) is 3.09. The fourth-order valence-electron chi connectivity index (χ4n) is 1.54. The van der Waals surface area contributed by atoms with Gasteiger partial charge in [-0.25, -0.2) is 0 Å². The molecule has 0 heterocycles. The first kappa shape index (κ1) is 13.7. The molecule has 0 spiro atoms. The first-order chi connectivity index (χ1) is 6.43. The lowest BCUT2D eigenvalue weighted by molar-refractivity contribution is 0.392. The van der Waals surface area contributed by atoms with Gasteiger partial charge in [0.05, 0.1) is 0 Å². The third-order valence-corrected chi connectivity index (χ3v) is 2.68. The Hall–Kier alpha value is -0.260. The van der Waals surface area contributed by atoms with Crippen LogP contribution < -0.4 is 0 Å². The Bertz CT molecular complexity index is 151. The van der Waals surface area contributed by atoms with Crippen LogP contribution in [0.4, 0.5) is 0 Å². The fourth-order valence-corrected chi connectivity index (χ4v) is 1.54. The van der Waals surface area contributed by atoms with E-state index >= 15 is 0 Å². The van der Waals surface area contributed by atoms with Gasteiger partial charge in [-0.2, -0.15) is 0 Å². The van der Waals surface area contributed by atoms with Crippen LogP contribution in [0.25, 0.3) is 0 Å². The van der Waals surface area contributed by atoms with Gasteiger partial charge in [0.15, 0.2) is 0 Å². The van der Waals surface area contributed by atoms with Crippen LogP contribution in [0.2, 0.25) is 0 Å². The van der Waals surface area contributed by atoms with E-state index in [-0.39, 0.29) is 0 Å². The summed E-state index contributed by atoms with van der Waals surface area (Å²) in [7, 11) is 0. The Morgan fingerprint density at radius 2 is 1.36 bits per heavy atom.